The molecule has 0 N–H and O–H groups in total. The topological polar surface area (TPSA) is 44.8 Å². The molecule has 0 aliphatic rings. The van der Waals surface area contributed by atoms with Gasteiger partial charge < -0.3 is 0 Å². The Morgan fingerprint density at radius 1 is 1.10 bits per heavy atom. The zero-order valence-corrected chi connectivity index (χ0v) is 15.8. The van der Waals surface area contributed by atoms with Crippen LogP contribution in [0, 0.1) is 17.4 Å². The number of hydrogen-bond acceptors (Lipinski definition) is 4. The van der Waals surface area contributed by atoms with Crippen LogP contribution >= 0.6 is 7.82 Å². The van der Waals surface area contributed by atoms with E-state index in [-0.39, 0.29) is 13.2 Å². The molecule has 0 unspecified atom stereocenters. The van der Waals surface area contributed by atoms with Gasteiger partial charge in [0, 0.05) is 0 Å². The first-order chi connectivity index (χ1) is 9.12. The molecule has 4 nitrogen and oxygen atoms in total. The highest BCUT2D eigenvalue weighted by Gasteiger charge is 2.29. The van der Waals surface area contributed by atoms with Crippen LogP contribution in [0.4, 0.5) is 0 Å². The van der Waals surface area contributed by atoms with Gasteiger partial charge in [-0.1, -0.05) is 39.4 Å². The zero-order valence-electron chi connectivity index (χ0n) is 13.9. The molecule has 0 aliphatic heterocycles. The maximum absolute atomic E-state index is 12.4. The Bertz CT molecular complexity index is 369. The molecule has 0 saturated carbocycles. The second kappa shape index (κ2) is 9.02. The minimum atomic E-state index is -3.50. The predicted octanol–water partition coefficient (Wildman–Crippen LogP) is 4.48. The molecule has 118 valence electrons. The van der Waals surface area contributed by atoms with Gasteiger partial charge in [-0.3, -0.25) is 13.6 Å². The van der Waals surface area contributed by atoms with Gasteiger partial charge in [0.2, 0.25) is 0 Å². The van der Waals surface area contributed by atoms with Crippen LogP contribution in [0.1, 0.15) is 34.1 Å². The second-order valence-electron chi connectivity index (χ2n) is 6.03. The largest absolute Gasteiger partial charge is 0.475 e. The van der Waals surface area contributed by atoms with E-state index in [0.717, 1.165) is 0 Å². The summed E-state index contributed by atoms with van der Waals surface area (Å²) in [4.78, 5) is 0. The van der Waals surface area contributed by atoms with Crippen molar-refractivity contribution in [2.75, 3.05) is 13.2 Å². The van der Waals surface area contributed by atoms with E-state index in [4.69, 9.17) is 13.6 Å². The van der Waals surface area contributed by atoms with E-state index in [9.17, 15) is 4.57 Å². The summed E-state index contributed by atoms with van der Waals surface area (Å²) >= 11 is 0. The van der Waals surface area contributed by atoms with Gasteiger partial charge in [0.1, 0.15) is 14.2 Å². The average molecular weight is 320 g/mol. The summed E-state index contributed by atoms with van der Waals surface area (Å²) in [6.45, 7) is 14.8. The van der Waals surface area contributed by atoms with Gasteiger partial charge in [0.25, 0.3) is 0 Å². The van der Waals surface area contributed by atoms with Crippen molar-refractivity contribution in [1.29, 1.82) is 0 Å². The van der Waals surface area contributed by atoms with Crippen LogP contribution in [-0.2, 0) is 18.1 Å². The highest BCUT2D eigenvalue weighted by Crippen LogP contribution is 2.50. The molecule has 0 aromatic rings. The van der Waals surface area contributed by atoms with Gasteiger partial charge in [-0.25, -0.2) is 4.57 Å². The molecule has 1 atom stereocenters. The molecule has 0 saturated heterocycles. The van der Waals surface area contributed by atoms with Gasteiger partial charge in [-0.05, 0) is 26.2 Å². The van der Waals surface area contributed by atoms with Gasteiger partial charge >= 0.3 is 7.82 Å². The van der Waals surface area contributed by atoms with Gasteiger partial charge in [-0.2, -0.15) is 0 Å². The minimum Gasteiger partial charge on any atom is -0.287 e. The highest BCUT2D eigenvalue weighted by atomic mass is 31.2. The molecular formula is C14H29O4PSi. The van der Waals surface area contributed by atoms with Crippen LogP contribution in [0.25, 0.3) is 0 Å². The monoisotopic (exact) mass is 320 g/mol. The molecule has 0 spiro atoms. The molecule has 0 amide bonds. The lowest BCUT2D eigenvalue weighted by molar-refractivity contribution is 0.0964. The van der Waals surface area contributed by atoms with E-state index in [2.05, 4.69) is 45.0 Å². The Hall–Kier alpha value is -0.113. The van der Waals surface area contributed by atoms with Gasteiger partial charge in [0.15, 0.2) is 0 Å². The van der Waals surface area contributed by atoms with E-state index >= 15 is 0 Å². The Labute approximate surface area is 125 Å². The summed E-state index contributed by atoms with van der Waals surface area (Å²) in [6.07, 6.45) is 0.299. The van der Waals surface area contributed by atoms with Crippen LogP contribution in [0.15, 0.2) is 0 Å². The predicted molar refractivity (Wildman–Crippen MR) is 86.3 cm³/mol. The molecule has 0 aromatic heterocycles. The van der Waals surface area contributed by atoms with Crippen LogP contribution in [0.3, 0.4) is 0 Å². The molecule has 0 heterocycles. The highest BCUT2D eigenvalue weighted by molar-refractivity contribution is 7.48. The molecule has 0 aromatic carbocycles. The Morgan fingerprint density at radius 3 is 1.95 bits per heavy atom. The maximum atomic E-state index is 12.4. The maximum Gasteiger partial charge on any atom is 0.475 e. The molecule has 20 heavy (non-hydrogen) atoms. The van der Waals surface area contributed by atoms with Crippen molar-refractivity contribution in [2.45, 2.75) is 59.9 Å². The number of phosphoric acid groups is 1. The van der Waals surface area contributed by atoms with E-state index in [0.29, 0.717) is 12.3 Å². The first kappa shape index (κ1) is 19.9. The van der Waals surface area contributed by atoms with E-state index < -0.39 is 22.0 Å². The standard InChI is InChI=1S/C14H29O4PSi/c1-8-16-19(15,17-9-2)18-14(12-13(3)4)10-11-20(5,6)7/h13-14H,8-9,12H2,1-7H3/t14-/m0/s1. The summed E-state index contributed by atoms with van der Waals surface area (Å²) in [5.41, 5.74) is 3.27. The zero-order chi connectivity index (χ0) is 15.8. The summed E-state index contributed by atoms with van der Waals surface area (Å²) in [6, 6.07) is 0. The van der Waals surface area contributed by atoms with Crippen molar-refractivity contribution < 1.29 is 18.1 Å². The summed E-state index contributed by atoms with van der Waals surface area (Å²) in [5.74, 6) is 3.52. The van der Waals surface area contributed by atoms with E-state index in [1.54, 1.807) is 13.8 Å². The Kier molecular flexibility index (Phi) is 8.97. The van der Waals surface area contributed by atoms with Crippen LogP contribution < -0.4 is 0 Å². The number of hydrogen-bond donors (Lipinski definition) is 0. The smallest absolute Gasteiger partial charge is 0.287 e. The molecule has 0 fully saturated rings. The molecule has 0 radical (unpaired) electrons. The lowest BCUT2D eigenvalue weighted by atomic mass is 10.1. The number of phosphoric ester groups is 1. The molecular weight excluding hydrogens is 291 g/mol. The fraction of sp³-hybridized carbons (Fsp3) is 0.857. The lowest BCUT2D eigenvalue weighted by Crippen LogP contribution is -2.20. The van der Waals surface area contributed by atoms with Crippen molar-refractivity contribution in [2.24, 2.45) is 5.92 Å². The van der Waals surface area contributed by atoms with Crippen molar-refractivity contribution in [3.63, 3.8) is 0 Å². The van der Waals surface area contributed by atoms with Gasteiger partial charge in [0.05, 0.1) is 13.2 Å². The lowest BCUT2D eigenvalue weighted by Gasteiger charge is -2.21. The first-order valence-corrected chi connectivity index (χ1v) is 12.2. The Balaban J connectivity index is 5.02. The van der Waals surface area contributed by atoms with Crippen molar-refractivity contribution in [1.82, 2.24) is 0 Å². The summed E-state index contributed by atoms with van der Waals surface area (Å²) < 4.78 is 28.3. The average Bonchev–Trinajstić information content (AvgIpc) is 2.24. The normalized spacial score (nSPS) is 14.0. The third-order valence-corrected chi connectivity index (χ3v) is 4.68. The number of rotatable bonds is 8. The van der Waals surface area contributed by atoms with Gasteiger partial charge in [-0.15, -0.1) is 5.54 Å². The van der Waals surface area contributed by atoms with Crippen LogP contribution in [-0.4, -0.2) is 27.4 Å². The van der Waals surface area contributed by atoms with Crippen LogP contribution in [0.5, 0.6) is 0 Å². The summed E-state index contributed by atoms with van der Waals surface area (Å²) in [5, 5.41) is 0. The van der Waals surface area contributed by atoms with Crippen molar-refractivity contribution in [3.8, 4) is 11.5 Å². The summed E-state index contributed by atoms with van der Waals surface area (Å²) in [7, 11) is -5.00. The van der Waals surface area contributed by atoms with E-state index in [1.807, 2.05) is 0 Å². The quantitative estimate of drug-likeness (QED) is 0.376. The van der Waals surface area contributed by atoms with Crippen molar-refractivity contribution >= 4 is 15.9 Å². The second-order valence-corrected chi connectivity index (χ2v) is 12.4. The Morgan fingerprint density at radius 2 is 1.60 bits per heavy atom. The fourth-order valence-corrected chi connectivity index (χ4v) is 3.30. The first-order valence-electron chi connectivity index (χ1n) is 7.22. The molecule has 6 heteroatoms. The molecule has 0 bridgehead atoms. The van der Waals surface area contributed by atoms with Crippen LogP contribution in [0.2, 0.25) is 19.6 Å². The van der Waals surface area contributed by atoms with E-state index in [1.165, 1.54) is 0 Å². The SMILES string of the molecule is CCOP(=O)(OCC)O[C@@H](C#C[Si](C)(C)C)CC(C)C. The third kappa shape index (κ3) is 9.74. The van der Waals surface area contributed by atoms with Crippen molar-refractivity contribution in [3.05, 3.63) is 0 Å². The fourth-order valence-electron chi connectivity index (χ4n) is 1.42. The third-order valence-electron chi connectivity index (χ3n) is 2.12. The molecule has 0 aliphatic carbocycles. The minimum absolute atomic E-state index is 0.285. The molecule has 0 rings (SSSR count).